The van der Waals surface area contributed by atoms with Crippen molar-refractivity contribution < 1.29 is 13.9 Å². The van der Waals surface area contributed by atoms with E-state index in [1.165, 1.54) is 18.2 Å². The molecule has 0 bridgehead atoms. The highest BCUT2D eigenvalue weighted by molar-refractivity contribution is 5.89. The Morgan fingerprint density at radius 3 is 2.70 bits per heavy atom. The summed E-state index contributed by atoms with van der Waals surface area (Å²) in [6.45, 7) is 7.63. The van der Waals surface area contributed by atoms with Crippen molar-refractivity contribution in [1.29, 1.82) is 0 Å². The number of hydrogen-bond donors (Lipinski definition) is 3. The number of halogens is 1. The smallest absolute Gasteiger partial charge is 0.412 e. The van der Waals surface area contributed by atoms with Gasteiger partial charge >= 0.3 is 6.09 Å². The Morgan fingerprint density at radius 1 is 1.35 bits per heavy atom. The summed E-state index contributed by atoms with van der Waals surface area (Å²) >= 11 is 0. The maximum atomic E-state index is 13.5. The number of nitrogens with zero attached hydrogens (tertiary/aromatic N) is 1. The summed E-state index contributed by atoms with van der Waals surface area (Å²) in [5.41, 5.74) is 2.03. The fourth-order valence-corrected chi connectivity index (χ4v) is 1.93. The van der Waals surface area contributed by atoms with E-state index in [-0.39, 0.29) is 0 Å². The number of hydrogen-bond acceptors (Lipinski definition) is 4. The number of imidazole rings is 1. The van der Waals surface area contributed by atoms with Gasteiger partial charge < -0.3 is 15.0 Å². The molecule has 23 heavy (non-hydrogen) atoms. The highest BCUT2D eigenvalue weighted by Gasteiger charge is 2.17. The zero-order valence-corrected chi connectivity index (χ0v) is 13.7. The zero-order valence-electron chi connectivity index (χ0n) is 13.7. The molecule has 1 aromatic heterocycles. The Bertz CT molecular complexity index is 692. The predicted octanol–water partition coefficient (Wildman–Crippen LogP) is 3.82. The minimum Gasteiger partial charge on any atom is -0.444 e. The van der Waals surface area contributed by atoms with Crippen LogP contribution in [0.5, 0.6) is 0 Å². The Morgan fingerprint density at radius 2 is 2.09 bits per heavy atom. The molecule has 0 unspecified atom stereocenters. The number of aromatic nitrogens is 2. The van der Waals surface area contributed by atoms with Gasteiger partial charge in [0.2, 0.25) is 0 Å². The van der Waals surface area contributed by atoms with E-state index in [0.29, 0.717) is 17.9 Å². The van der Waals surface area contributed by atoms with E-state index in [1.54, 1.807) is 27.1 Å². The van der Waals surface area contributed by atoms with Crippen LogP contribution in [-0.2, 0) is 11.3 Å². The fraction of sp³-hybridized carbons (Fsp3) is 0.375. The van der Waals surface area contributed by atoms with Crippen molar-refractivity contribution in [1.82, 2.24) is 9.97 Å². The second-order valence-electron chi connectivity index (χ2n) is 6.14. The molecule has 0 atom stereocenters. The number of nitrogens with one attached hydrogen (secondary N) is 3. The van der Waals surface area contributed by atoms with Gasteiger partial charge in [0.05, 0.1) is 29.9 Å². The molecule has 6 nitrogen and oxygen atoms in total. The number of aryl methyl sites for hydroxylation is 1. The van der Waals surface area contributed by atoms with Crippen molar-refractivity contribution in [3.8, 4) is 0 Å². The van der Waals surface area contributed by atoms with Gasteiger partial charge in [0.1, 0.15) is 11.4 Å². The van der Waals surface area contributed by atoms with Crippen molar-refractivity contribution in [3.05, 3.63) is 41.7 Å². The first-order valence-corrected chi connectivity index (χ1v) is 7.27. The number of benzene rings is 1. The topological polar surface area (TPSA) is 79.0 Å². The third-order valence-corrected chi connectivity index (χ3v) is 3.00. The molecule has 0 saturated heterocycles. The predicted molar refractivity (Wildman–Crippen MR) is 86.9 cm³/mol. The summed E-state index contributed by atoms with van der Waals surface area (Å²) < 4.78 is 18.7. The van der Waals surface area contributed by atoms with Crippen molar-refractivity contribution in [2.75, 3.05) is 10.6 Å². The van der Waals surface area contributed by atoms with E-state index in [9.17, 15) is 9.18 Å². The lowest BCUT2D eigenvalue weighted by Gasteiger charge is -2.20. The lowest BCUT2D eigenvalue weighted by atomic mass is 10.2. The summed E-state index contributed by atoms with van der Waals surface area (Å²) in [5, 5.41) is 5.69. The highest BCUT2D eigenvalue weighted by atomic mass is 19.1. The third kappa shape index (κ3) is 4.98. The first-order valence-electron chi connectivity index (χ1n) is 7.27. The maximum Gasteiger partial charge on any atom is 0.412 e. The molecule has 0 aliphatic rings. The summed E-state index contributed by atoms with van der Waals surface area (Å²) in [6, 6.07) is 4.07. The summed E-state index contributed by atoms with van der Waals surface area (Å²) in [5.74, 6) is -0.402. The molecule has 0 aliphatic heterocycles. The second kappa shape index (κ2) is 6.68. The quantitative estimate of drug-likeness (QED) is 0.800. The van der Waals surface area contributed by atoms with Gasteiger partial charge in [-0.2, -0.15) is 0 Å². The van der Waals surface area contributed by atoms with Crippen molar-refractivity contribution in [2.45, 2.75) is 39.8 Å². The van der Waals surface area contributed by atoms with E-state index in [0.717, 1.165) is 11.4 Å². The van der Waals surface area contributed by atoms with Crippen LogP contribution < -0.4 is 10.6 Å². The normalized spacial score (nSPS) is 11.2. The minimum absolute atomic E-state index is 0.402. The first kappa shape index (κ1) is 16.8. The molecule has 1 aromatic carbocycles. The summed E-state index contributed by atoms with van der Waals surface area (Å²) in [7, 11) is 0. The van der Waals surface area contributed by atoms with E-state index < -0.39 is 17.5 Å². The largest absolute Gasteiger partial charge is 0.444 e. The van der Waals surface area contributed by atoms with Crippen LogP contribution >= 0.6 is 0 Å². The monoisotopic (exact) mass is 320 g/mol. The number of amides is 1. The average molecular weight is 320 g/mol. The molecule has 7 heteroatoms. The number of aromatic amines is 1. The molecule has 2 aromatic rings. The third-order valence-electron chi connectivity index (χ3n) is 3.00. The Balaban J connectivity index is 2.11. The van der Waals surface area contributed by atoms with Gasteiger partial charge in [0.15, 0.2) is 0 Å². The fourth-order valence-electron chi connectivity index (χ4n) is 1.93. The average Bonchev–Trinajstić information content (AvgIpc) is 2.82. The lowest BCUT2D eigenvalue weighted by molar-refractivity contribution is 0.0636. The van der Waals surface area contributed by atoms with E-state index in [2.05, 4.69) is 20.6 Å². The SMILES string of the molecule is Cc1[nH]cnc1CNc1cc(F)ccc1NC(=O)OC(C)(C)C. The van der Waals surface area contributed by atoms with E-state index >= 15 is 0 Å². The van der Waals surface area contributed by atoms with Crippen LogP contribution in [0, 0.1) is 12.7 Å². The molecule has 2 rings (SSSR count). The molecule has 0 radical (unpaired) electrons. The van der Waals surface area contributed by atoms with Gasteiger partial charge in [-0.15, -0.1) is 0 Å². The Kier molecular flexibility index (Phi) is 4.88. The molecule has 0 fully saturated rings. The van der Waals surface area contributed by atoms with Crippen molar-refractivity contribution in [3.63, 3.8) is 0 Å². The van der Waals surface area contributed by atoms with Gasteiger partial charge in [-0.05, 0) is 45.9 Å². The number of ether oxygens (including phenoxy) is 1. The number of anilines is 2. The van der Waals surface area contributed by atoms with Crippen molar-refractivity contribution >= 4 is 17.5 Å². The molecule has 1 amide bonds. The molecular weight excluding hydrogens is 299 g/mol. The minimum atomic E-state index is -0.607. The molecule has 0 spiro atoms. The van der Waals surface area contributed by atoms with Gasteiger partial charge in [0, 0.05) is 5.69 Å². The van der Waals surface area contributed by atoms with Gasteiger partial charge in [-0.1, -0.05) is 0 Å². The van der Waals surface area contributed by atoms with Gasteiger partial charge in [-0.25, -0.2) is 14.2 Å². The molecule has 124 valence electrons. The maximum absolute atomic E-state index is 13.5. The number of rotatable bonds is 4. The van der Waals surface area contributed by atoms with Crippen molar-refractivity contribution in [2.24, 2.45) is 0 Å². The Labute approximate surface area is 134 Å². The molecular formula is C16H21FN4O2. The number of carbonyl (C=O) groups excluding carboxylic acids is 1. The van der Waals surface area contributed by atoms with Crippen LogP contribution in [0.3, 0.4) is 0 Å². The highest BCUT2D eigenvalue weighted by Crippen LogP contribution is 2.24. The van der Waals surface area contributed by atoms with Crippen LogP contribution in [0.1, 0.15) is 32.2 Å². The summed E-state index contributed by atoms with van der Waals surface area (Å²) in [4.78, 5) is 19.0. The molecule has 1 heterocycles. The van der Waals surface area contributed by atoms with E-state index in [4.69, 9.17) is 4.74 Å². The zero-order chi connectivity index (χ0) is 17.0. The first-order chi connectivity index (χ1) is 10.7. The van der Waals surface area contributed by atoms with E-state index in [1.807, 2.05) is 6.92 Å². The van der Waals surface area contributed by atoms with Gasteiger partial charge in [-0.3, -0.25) is 5.32 Å². The van der Waals surface area contributed by atoms with Gasteiger partial charge in [0.25, 0.3) is 0 Å². The summed E-state index contributed by atoms with van der Waals surface area (Å²) in [6.07, 6.45) is 1.00. The second-order valence-corrected chi connectivity index (χ2v) is 6.14. The molecule has 0 saturated carbocycles. The molecule has 0 aliphatic carbocycles. The standard InChI is InChI=1S/C16H21FN4O2/c1-10-14(20-9-19-10)8-18-13-7-11(17)5-6-12(13)21-15(22)23-16(2,3)4/h5-7,9,18H,8H2,1-4H3,(H,19,20)(H,21,22). The van der Waals surface area contributed by atoms with Crippen LogP contribution in [0.15, 0.2) is 24.5 Å². The van der Waals surface area contributed by atoms with Crippen LogP contribution in [0.4, 0.5) is 20.6 Å². The number of H-pyrrole nitrogens is 1. The van der Waals surface area contributed by atoms with Crippen LogP contribution in [-0.4, -0.2) is 21.7 Å². The van der Waals surface area contributed by atoms with Crippen LogP contribution in [0.25, 0.3) is 0 Å². The lowest BCUT2D eigenvalue weighted by Crippen LogP contribution is -2.27. The van der Waals surface area contributed by atoms with Crippen LogP contribution in [0.2, 0.25) is 0 Å². The Hall–Kier alpha value is -2.57. The molecule has 3 N–H and O–H groups in total. The number of carbonyl (C=O) groups is 1.